The molecule has 0 fully saturated rings. The minimum atomic E-state index is 0.300. The molecule has 0 unspecified atom stereocenters. The van der Waals surface area contributed by atoms with Crippen molar-refractivity contribution >= 4 is 22.7 Å². The van der Waals surface area contributed by atoms with E-state index in [1.54, 1.807) is 6.07 Å². The van der Waals surface area contributed by atoms with E-state index in [0.717, 1.165) is 46.9 Å². The first kappa shape index (κ1) is 21.4. The van der Waals surface area contributed by atoms with Crippen molar-refractivity contribution in [1.82, 2.24) is 14.5 Å². The molecule has 1 aromatic heterocycles. The number of anilines is 2. The summed E-state index contributed by atoms with van der Waals surface area (Å²) < 4.78 is 2.13. The third-order valence-electron chi connectivity index (χ3n) is 5.70. The predicted octanol–water partition coefficient (Wildman–Crippen LogP) is 5.25. The zero-order valence-electron chi connectivity index (χ0n) is 18.4. The lowest BCUT2D eigenvalue weighted by molar-refractivity contribution is 0.291. The fourth-order valence-corrected chi connectivity index (χ4v) is 3.81. The van der Waals surface area contributed by atoms with Crippen LogP contribution in [0.15, 0.2) is 66.7 Å². The third-order valence-corrected chi connectivity index (χ3v) is 5.70. The van der Waals surface area contributed by atoms with Crippen molar-refractivity contribution in [2.45, 2.75) is 26.9 Å². The summed E-state index contributed by atoms with van der Waals surface area (Å²) in [6, 6.07) is 23.4. The molecule has 3 aromatic carbocycles. The van der Waals surface area contributed by atoms with Crippen LogP contribution in [0, 0.1) is 11.3 Å². The molecular weight excluding hydrogens is 398 g/mol. The van der Waals surface area contributed by atoms with Crippen LogP contribution in [0.1, 0.15) is 30.5 Å². The highest BCUT2D eigenvalue weighted by Gasteiger charge is 2.13. The average Bonchev–Trinajstić information content (AvgIpc) is 3.16. The van der Waals surface area contributed by atoms with Gasteiger partial charge >= 0.3 is 0 Å². The Morgan fingerprint density at radius 2 is 1.78 bits per heavy atom. The number of nitrogens with one attached hydrogen (secondary N) is 1. The molecule has 0 bridgehead atoms. The predicted molar refractivity (Wildman–Crippen MR) is 128 cm³/mol. The Morgan fingerprint density at radius 1 is 1.03 bits per heavy atom. The highest BCUT2D eigenvalue weighted by atomic mass is 16.3. The van der Waals surface area contributed by atoms with E-state index in [1.807, 2.05) is 54.6 Å². The molecule has 4 aromatic rings. The number of phenols is 1. The van der Waals surface area contributed by atoms with Gasteiger partial charge in [-0.1, -0.05) is 38.1 Å². The van der Waals surface area contributed by atoms with Gasteiger partial charge in [0.2, 0.25) is 5.95 Å². The lowest BCUT2D eigenvalue weighted by Crippen LogP contribution is -2.22. The molecular formula is C26H27N5O. The third kappa shape index (κ3) is 4.58. The summed E-state index contributed by atoms with van der Waals surface area (Å²) in [6.45, 7) is 7.40. The number of nitrogens with zero attached hydrogens (tertiary/aromatic N) is 4. The number of aromatic hydroxyl groups is 1. The van der Waals surface area contributed by atoms with Gasteiger partial charge in [0.25, 0.3) is 0 Å². The molecule has 2 N–H and O–H groups in total. The van der Waals surface area contributed by atoms with Gasteiger partial charge in [0.1, 0.15) is 5.75 Å². The fraction of sp³-hybridized carbons (Fsp3) is 0.231. The second-order valence-electron chi connectivity index (χ2n) is 7.75. The van der Waals surface area contributed by atoms with Gasteiger partial charge in [0, 0.05) is 17.8 Å². The Morgan fingerprint density at radius 3 is 2.50 bits per heavy atom. The van der Waals surface area contributed by atoms with Crippen LogP contribution in [-0.2, 0) is 13.1 Å². The van der Waals surface area contributed by atoms with Crippen molar-refractivity contribution in [3.05, 3.63) is 83.4 Å². The maximum Gasteiger partial charge on any atom is 0.208 e. The smallest absolute Gasteiger partial charge is 0.208 e. The van der Waals surface area contributed by atoms with Crippen LogP contribution in [0.2, 0.25) is 0 Å². The lowest BCUT2D eigenvalue weighted by Gasteiger charge is -2.19. The second kappa shape index (κ2) is 9.54. The molecule has 6 nitrogen and oxygen atoms in total. The zero-order valence-corrected chi connectivity index (χ0v) is 18.4. The van der Waals surface area contributed by atoms with Gasteiger partial charge in [-0.25, -0.2) is 4.98 Å². The van der Waals surface area contributed by atoms with E-state index in [4.69, 9.17) is 10.2 Å². The van der Waals surface area contributed by atoms with Crippen LogP contribution in [0.3, 0.4) is 0 Å². The standard InChI is InChI=1S/C26H27N5O/c1-3-30(4-2)18-21-15-22(13-14-25(21)32)28-26-29-23-7-5-6-8-24(23)31(26)17-20-11-9-19(16-27)10-12-20/h5-15,32H,3-4,17-18H2,1-2H3,(H,28,29). The summed E-state index contributed by atoms with van der Waals surface area (Å²) in [5.41, 5.74) is 5.43. The lowest BCUT2D eigenvalue weighted by atomic mass is 10.1. The van der Waals surface area contributed by atoms with Crippen LogP contribution < -0.4 is 5.32 Å². The van der Waals surface area contributed by atoms with Crippen molar-refractivity contribution < 1.29 is 5.11 Å². The van der Waals surface area contributed by atoms with E-state index >= 15 is 0 Å². The van der Waals surface area contributed by atoms with Gasteiger partial charge in [-0.2, -0.15) is 5.26 Å². The van der Waals surface area contributed by atoms with Gasteiger partial charge in [0.05, 0.1) is 29.2 Å². The van der Waals surface area contributed by atoms with Crippen LogP contribution in [0.4, 0.5) is 11.6 Å². The summed E-state index contributed by atoms with van der Waals surface area (Å²) in [7, 11) is 0. The maximum atomic E-state index is 10.3. The quantitative estimate of drug-likeness (QED) is 0.377. The van der Waals surface area contributed by atoms with E-state index < -0.39 is 0 Å². The number of hydrogen-bond donors (Lipinski definition) is 2. The minimum Gasteiger partial charge on any atom is -0.508 e. The number of rotatable bonds is 8. The molecule has 0 saturated carbocycles. The van der Waals surface area contributed by atoms with Crippen molar-refractivity contribution in [3.8, 4) is 11.8 Å². The van der Waals surface area contributed by atoms with Gasteiger partial charge in [0.15, 0.2) is 0 Å². The minimum absolute atomic E-state index is 0.300. The molecule has 0 aliphatic heterocycles. The van der Waals surface area contributed by atoms with Crippen LogP contribution >= 0.6 is 0 Å². The Kier molecular flexibility index (Phi) is 6.39. The number of benzene rings is 3. The van der Waals surface area contributed by atoms with Crippen molar-refractivity contribution in [3.63, 3.8) is 0 Å². The molecule has 0 radical (unpaired) electrons. The molecule has 0 amide bonds. The molecule has 4 rings (SSSR count). The van der Waals surface area contributed by atoms with Crippen molar-refractivity contribution in [2.75, 3.05) is 18.4 Å². The number of para-hydroxylation sites is 2. The van der Waals surface area contributed by atoms with E-state index in [0.29, 0.717) is 24.4 Å². The first-order valence-electron chi connectivity index (χ1n) is 10.9. The zero-order chi connectivity index (χ0) is 22.5. The highest BCUT2D eigenvalue weighted by molar-refractivity contribution is 5.80. The van der Waals surface area contributed by atoms with Gasteiger partial charge in [-0.3, -0.25) is 4.90 Å². The average molecular weight is 426 g/mol. The highest BCUT2D eigenvalue weighted by Crippen LogP contribution is 2.28. The molecule has 0 spiro atoms. The monoisotopic (exact) mass is 425 g/mol. The molecule has 32 heavy (non-hydrogen) atoms. The summed E-state index contributed by atoms with van der Waals surface area (Å²) >= 11 is 0. The molecule has 1 heterocycles. The summed E-state index contributed by atoms with van der Waals surface area (Å²) in [5.74, 6) is 1.03. The van der Waals surface area contributed by atoms with Gasteiger partial charge in [-0.15, -0.1) is 0 Å². The number of hydrogen-bond acceptors (Lipinski definition) is 5. The summed E-state index contributed by atoms with van der Waals surface area (Å²) in [5, 5.41) is 22.9. The van der Waals surface area contributed by atoms with Crippen LogP contribution in [0.5, 0.6) is 5.75 Å². The topological polar surface area (TPSA) is 77.1 Å². The van der Waals surface area contributed by atoms with E-state index in [2.05, 4.69) is 40.8 Å². The van der Waals surface area contributed by atoms with E-state index in [9.17, 15) is 5.11 Å². The van der Waals surface area contributed by atoms with Gasteiger partial charge < -0.3 is 15.0 Å². The Balaban J connectivity index is 1.67. The Labute approximate surface area is 188 Å². The van der Waals surface area contributed by atoms with E-state index in [1.165, 1.54) is 0 Å². The summed E-state index contributed by atoms with van der Waals surface area (Å²) in [6.07, 6.45) is 0. The molecule has 162 valence electrons. The molecule has 0 atom stereocenters. The van der Waals surface area contributed by atoms with Crippen molar-refractivity contribution in [2.24, 2.45) is 0 Å². The largest absolute Gasteiger partial charge is 0.508 e. The molecule has 6 heteroatoms. The Bertz CT molecular complexity index is 1250. The van der Waals surface area contributed by atoms with E-state index in [-0.39, 0.29) is 0 Å². The first-order chi connectivity index (χ1) is 15.6. The molecule has 0 aliphatic carbocycles. The molecule has 0 saturated heterocycles. The first-order valence-corrected chi connectivity index (χ1v) is 10.9. The SMILES string of the molecule is CCN(CC)Cc1cc(Nc2nc3ccccc3n2Cc2ccc(C#N)cc2)ccc1O. The number of phenolic OH excluding ortho intramolecular Hbond substituents is 1. The normalized spacial score (nSPS) is 11.1. The Hall–Kier alpha value is -3.82. The van der Waals surface area contributed by atoms with Gasteiger partial charge in [-0.05, 0) is 61.1 Å². The molecule has 0 aliphatic rings. The van der Waals surface area contributed by atoms with Crippen LogP contribution in [0.25, 0.3) is 11.0 Å². The summed E-state index contributed by atoms with van der Waals surface area (Å²) in [4.78, 5) is 7.07. The fourth-order valence-electron chi connectivity index (χ4n) is 3.81. The maximum absolute atomic E-state index is 10.3. The van der Waals surface area contributed by atoms with Crippen molar-refractivity contribution in [1.29, 1.82) is 5.26 Å². The second-order valence-corrected chi connectivity index (χ2v) is 7.75. The van der Waals surface area contributed by atoms with Crippen LogP contribution in [-0.4, -0.2) is 32.6 Å². The number of aromatic nitrogens is 2. The number of imidazole rings is 1. The number of nitriles is 1. The number of fused-ring (bicyclic) bond motifs is 1.